The number of benzene rings is 2. The fourth-order valence-electron chi connectivity index (χ4n) is 2.69. The third-order valence-corrected chi connectivity index (χ3v) is 4.14. The molecule has 0 aromatic heterocycles. The highest BCUT2D eigenvalue weighted by molar-refractivity contribution is 5.75. The van der Waals surface area contributed by atoms with Gasteiger partial charge in [-0.2, -0.15) is 0 Å². The summed E-state index contributed by atoms with van der Waals surface area (Å²) in [5, 5.41) is 8.97. The summed E-state index contributed by atoms with van der Waals surface area (Å²) in [6.45, 7) is 2.15. The maximum Gasteiger partial charge on any atom is 0.307 e. The fraction of sp³-hybridized carbons (Fsp3) is 0.278. The lowest BCUT2D eigenvalue weighted by molar-refractivity contribution is -0.138. The van der Waals surface area contributed by atoms with Gasteiger partial charge in [0, 0.05) is 0 Å². The van der Waals surface area contributed by atoms with E-state index in [1.54, 1.807) is 0 Å². The van der Waals surface area contributed by atoms with Gasteiger partial charge in [-0.3, -0.25) is 4.79 Å². The predicted octanol–water partition coefficient (Wildman–Crippen LogP) is 4.10. The molecular weight excluding hydrogens is 248 g/mol. The van der Waals surface area contributed by atoms with E-state index in [0.29, 0.717) is 0 Å². The van der Waals surface area contributed by atoms with E-state index in [9.17, 15) is 4.79 Å². The normalized spacial score (nSPS) is 20.6. The lowest BCUT2D eigenvalue weighted by Crippen LogP contribution is -1.98. The highest BCUT2D eigenvalue weighted by atomic mass is 16.4. The lowest BCUT2D eigenvalue weighted by atomic mass is 10.0. The molecule has 3 rings (SSSR count). The Labute approximate surface area is 119 Å². The van der Waals surface area contributed by atoms with Crippen LogP contribution in [0.2, 0.25) is 0 Å². The van der Waals surface area contributed by atoms with Crippen LogP contribution in [0.15, 0.2) is 48.5 Å². The fourth-order valence-corrected chi connectivity index (χ4v) is 2.69. The van der Waals surface area contributed by atoms with Crippen LogP contribution >= 0.6 is 0 Å². The number of aryl methyl sites for hydroxylation is 1. The molecule has 2 aromatic rings. The van der Waals surface area contributed by atoms with Gasteiger partial charge in [0.25, 0.3) is 0 Å². The molecule has 0 aliphatic heterocycles. The van der Waals surface area contributed by atoms with E-state index < -0.39 is 5.97 Å². The van der Waals surface area contributed by atoms with Gasteiger partial charge in [-0.15, -0.1) is 0 Å². The van der Waals surface area contributed by atoms with Crippen molar-refractivity contribution in [3.05, 3.63) is 59.7 Å². The van der Waals surface area contributed by atoms with Crippen LogP contribution in [0.3, 0.4) is 0 Å². The van der Waals surface area contributed by atoms with Crippen molar-refractivity contribution < 1.29 is 9.90 Å². The summed E-state index contributed by atoms with van der Waals surface area (Å²) in [4.78, 5) is 10.9. The molecule has 1 aliphatic carbocycles. The number of rotatable bonds is 4. The topological polar surface area (TPSA) is 37.3 Å². The number of hydrogen-bond donors (Lipinski definition) is 1. The molecule has 1 saturated carbocycles. The Morgan fingerprint density at radius 3 is 2.05 bits per heavy atom. The Kier molecular flexibility index (Phi) is 3.31. The first-order chi connectivity index (χ1) is 9.69. The highest BCUT2D eigenvalue weighted by Gasteiger charge is 2.43. The third kappa shape index (κ3) is 2.46. The Morgan fingerprint density at radius 2 is 1.60 bits per heavy atom. The molecule has 0 bridgehead atoms. The van der Waals surface area contributed by atoms with Crippen LogP contribution in [0.25, 0.3) is 11.1 Å². The van der Waals surface area contributed by atoms with Crippen molar-refractivity contribution >= 4 is 5.97 Å². The lowest BCUT2D eigenvalue weighted by Gasteiger charge is -2.05. The van der Waals surface area contributed by atoms with Crippen LogP contribution in [0.1, 0.15) is 30.4 Å². The molecule has 0 heterocycles. The van der Waals surface area contributed by atoms with Crippen LogP contribution in [-0.2, 0) is 11.2 Å². The summed E-state index contributed by atoms with van der Waals surface area (Å²) in [5.41, 5.74) is 4.88. The molecule has 102 valence electrons. The predicted molar refractivity (Wildman–Crippen MR) is 79.7 cm³/mol. The van der Waals surface area contributed by atoms with Crippen LogP contribution in [-0.4, -0.2) is 11.1 Å². The van der Waals surface area contributed by atoms with Gasteiger partial charge in [0.05, 0.1) is 5.92 Å². The van der Waals surface area contributed by atoms with E-state index in [-0.39, 0.29) is 11.8 Å². The Balaban J connectivity index is 1.77. The average Bonchev–Trinajstić information content (AvgIpc) is 3.28. The monoisotopic (exact) mass is 266 g/mol. The van der Waals surface area contributed by atoms with Crippen molar-refractivity contribution in [3.8, 4) is 11.1 Å². The minimum Gasteiger partial charge on any atom is -0.481 e. The summed E-state index contributed by atoms with van der Waals surface area (Å²) in [5.74, 6) is -0.636. The van der Waals surface area contributed by atoms with Gasteiger partial charge in [-0.25, -0.2) is 0 Å². The van der Waals surface area contributed by atoms with Gasteiger partial charge in [0.2, 0.25) is 0 Å². The van der Waals surface area contributed by atoms with Crippen molar-refractivity contribution in [3.63, 3.8) is 0 Å². The van der Waals surface area contributed by atoms with Gasteiger partial charge in [0.1, 0.15) is 0 Å². The van der Waals surface area contributed by atoms with Gasteiger partial charge in [-0.1, -0.05) is 55.5 Å². The molecule has 2 heteroatoms. The second-order valence-corrected chi connectivity index (χ2v) is 5.46. The molecule has 2 aromatic carbocycles. The average molecular weight is 266 g/mol. The van der Waals surface area contributed by atoms with Crippen LogP contribution < -0.4 is 0 Å². The zero-order chi connectivity index (χ0) is 14.1. The van der Waals surface area contributed by atoms with Crippen molar-refractivity contribution in [2.45, 2.75) is 25.7 Å². The maximum atomic E-state index is 10.9. The maximum absolute atomic E-state index is 10.9. The van der Waals surface area contributed by atoms with E-state index in [1.807, 2.05) is 0 Å². The first-order valence-corrected chi connectivity index (χ1v) is 7.11. The quantitative estimate of drug-likeness (QED) is 0.904. The Morgan fingerprint density at radius 1 is 1.05 bits per heavy atom. The summed E-state index contributed by atoms with van der Waals surface area (Å²) in [6.07, 6.45) is 1.83. The summed E-state index contributed by atoms with van der Waals surface area (Å²) in [6, 6.07) is 16.9. The smallest absolute Gasteiger partial charge is 0.307 e. The Bertz CT molecular complexity index is 611. The van der Waals surface area contributed by atoms with E-state index >= 15 is 0 Å². The molecule has 0 amide bonds. The van der Waals surface area contributed by atoms with E-state index in [4.69, 9.17) is 5.11 Å². The third-order valence-electron chi connectivity index (χ3n) is 4.14. The van der Waals surface area contributed by atoms with Gasteiger partial charge in [0.15, 0.2) is 0 Å². The van der Waals surface area contributed by atoms with E-state index in [0.717, 1.165) is 18.4 Å². The largest absolute Gasteiger partial charge is 0.481 e. The first-order valence-electron chi connectivity index (χ1n) is 7.11. The van der Waals surface area contributed by atoms with Crippen LogP contribution in [0.4, 0.5) is 0 Å². The molecule has 0 radical (unpaired) electrons. The zero-order valence-corrected chi connectivity index (χ0v) is 11.5. The molecule has 2 atom stereocenters. The second kappa shape index (κ2) is 5.12. The minimum absolute atomic E-state index is 0.176. The number of carboxylic acid groups (broad SMARTS) is 1. The minimum atomic E-state index is -0.672. The number of aliphatic carboxylic acids is 1. The standard InChI is InChI=1S/C18H18O2/c1-2-12-3-5-13(6-4-12)14-7-9-15(10-8-14)16-11-17(16)18(19)20/h3-10,16-17H,2,11H2,1H3,(H,19,20)/t16-,17+/m0/s1. The molecule has 1 fully saturated rings. The summed E-state index contributed by atoms with van der Waals surface area (Å²) < 4.78 is 0. The highest BCUT2D eigenvalue weighted by Crippen LogP contribution is 2.47. The van der Waals surface area contributed by atoms with Crippen molar-refractivity contribution in [2.24, 2.45) is 5.92 Å². The number of carbonyl (C=O) groups is 1. The molecule has 0 saturated heterocycles. The molecule has 1 N–H and O–H groups in total. The Hall–Kier alpha value is -2.09. The molecular formula is C18H18O2. The molecule has 0 unspecified atom stereocenters. The van der Waals surface area contributed by atoms with E-state index in [2.05, 4.69) is 55.5 Å². The molecule has 2 nitrogen and oxygen atoms in total. The summed E-state index contributed by atoms with van der Waals surface area (Å²) in [7, 11) is 0. The van der Waals surface area contributed by atoms with Crippen molar-refractivity contribution in [2.75, 3.05) is 0 Å². The van der Waals surface area contributed by atoms with E-state index in [1.165, 1.54) is 16.7 Å². The first kappa shape index (κ1) is 12.9. The zero-order valence-electron chi connectivity index (χ0n) is 11.5. The second-order valence-electron chi connectivity index (χ2n) is 5.46. The molecule has 0 spiro atoms. The van der Waals surface area contributed by atoms with Crippen molar-refractivity contribution in [1.82, 2.24) is 0 Å². The van der Waals surface area contributed by atoms with Gasteiger partial charge in [-0.05, 0) is 41.0 Å². The van der Waals surface area contributed by atoms with Gasteiger partial charge < -0.3 is 5.11 Å². The summed E-state index contributed by atoms with van der Waals surface area (Å²) >= 11 is 0. The molecule has 20 heavy (non-hydrogen) atoms. The van der Waals surface area contributed by atoms with Gasteiger partial charge >= 0.3 is 5.97 Å². The molecule has 1 aliphatic rings. The SMILES string of the molecule is CCc1ccc(-c2ccc([C@@H]3C[C@H]3C(=O)O)cc2)cc1. The van der Waals surface area contributed by atoms with Crippen LogP contribution in [0.5, 0.6) is 0 Å². The van der Waals surface area contributed by atoms with Crippen LogP contribution in [0, 0.1) is 5.92 Å². The number of hydrogen-bond acceptors (Lipinski definition) is 1. The number of carboxylic acids is 1. The van der Waals surface area contributed by atoms with Crippen molar-refractivity contribution in [1.29, 1.82) is 0 Å².